The molecule has 49 heavy (non-hydrogen) atoms. The minimum absolute atomic E-state index is 0. The van der Waals surface area contributed by atoms with Crippen molar-refractivity contribution in [1.82, 2.24) is 30.4 Å². The largest absolute Gasteiger partial charge is 0.412 e. The van der Waals surface area contributed by atoms with Crippen molar-refractivity contribution >= 4 is 62.5 Å². The van der Waals surface area contributed by atoms with Gasteiger partial charge >= 0.3 is 11.8 Å². The molecular weight excluding hydrogens is 698 g/mol. The molecule has 4 amide bonds. The molecule has 1 aromatic carbocycles. The number of thiazole rings is 1. The molecule has 6 N–H and O–H groups in total. The zero-order chi connectivity index (χ0) is 35.2. The van der Waals surface area contributed by atoms with Crippen molar-refractivity contribution in [3.8, 4) is 0 Å². The van der Waals surface area contributed by atoms with Crippen LogP contribution in [-0.4, -0.2) is 102 Å². The van der Waals surface area contributed by atoms with Gasteiger partial charge < -0.3 is 31.2 Å². The summed E-state index contributed by atoms with van der Waals surface area (Å²) in [6, 6.07) is 7.93. The first-order valence-corrected chi connectivity index (χ1v) is 17.7. The van der Waals surface area contributed by atoms with Crippen molar-refractivity contribution in [1.29, 1.82) is 0 Å². The Labute approximate surface area is 293 Å². The molecule has 1 aliphatic carbocycles. The molecule has 18 heteroatoms. The maximum Gasteiger partial charge on any atom is 0.314 e. The molecule has 3 unspecified atom stereocenters. The van der Waals surface area contributed by atoms with Gasteiger partial charge in [-0.1, -0.05) is 29.3 Å². The summed E-state index contributed by atoms with van der Waals surface area (Å²) in [6.45, 7) is 3.48. The zero-order valence-corrected chi connectivity index (χ0v) is 29.8. The van der Waals surface area contributed by atoms with E-state index >= 15 is 0 Å². The van der Waals surface area contributed by atoms with Crippen LogP contribution in [-0.2, 0) is 37.5 Å². The summed E-state index contributed by atoms with van der Waals surface area (Å²) in [4.78, 5) is 64.2. The van der Waals surface area contributed by atoms with Gasteiger partial charge in [0.25, 0.3) is 16.0 Å². The number of hydrogen-bond acceptors (Lipinski definition) is 10. The molecular formula is C31H40ClN7O8S2. The molecule has 5 rings (SSSR count). The molecule has 266 valence electrons. The van der Waals surface area contributed by atoms with E-state index in [-0.39, 0.29) is 33.9 Å². The summed E-state index contributed by atoms with van der Waals surface area (Å²) in [5.41, 5.74) is 1.90. The lowest BCUT2D eigenvalue weighted by molar-refractivity contribution is -0.137. The lowest BCUT2D eigenvalue weighted by Crippen LogP contribution is -2.57. The molecule has 0 saturated heterocycles. The second-order valence-corrected chi connectivity index (χ2v) is 14.8. The Morgan fingerprint density at radius 3 is 2.33 bits per heavy atom. The van der Waals surface area contributed by atoms with Gasteiger partial charge in [0.05, 0.1) is 21.7 Å². The van der Waals surface area contributed by atoms with Crippen molar-refractivity contribution in [3.63, 3.8) is 0 Å². The van der Waals surface area contributed by atoms with Crippen LogP contribution in [0.2, 0.25) is 5.02 Å². The topological polar surface area (TPSA) is 222 Å². The van der Waals surface area contributed by atoms with Crippen LogP contribution in [0, 0.1) is 12.8 Å². The van der Waals surface area contributed by atoms with Gasteiger partial charge in [-0.25, -0.2) is 9.97 Å². The standard InChI is InChI=1S/C24H30ClN7O4S.C7H8O3S.H2O/c1-31(2)24(36)13-4-6-15(27-20(33)21(34)30-19-7-5-14(25)11-26-19)17(10-13)28-22(35)23-29-16-8-9-32(3)12-18(16)37-23;1-6-2-4-7(5-3-6)11(8,9)10;/h5,7,11,13,15,17H,4,6,8-10,12H2,1-3H3,(H,27,33)(H,28,35)(H,26,30,34);2-5H,1H3,(H,8,9,10);1H2. The summed E-state index contributed by atoms with van der Waals surface area (Å²) in [6.07, 6.45) is 3.42. The summed E-state index contributed by atoms with van der Waals surface area (Å²) in [5.74, 6) is -2.25. The number of pyridine rings is 1. The van der Waals surface area contributed by atoms with Gasteiger partial charge in [-0.15, -0.1) is 11.3 Å². The Bertz CT molecular complexity index is 1750. The highest BCUT2D eigenvalue weighted by Crippen LogP contribution is 2.28. The van der Waals surface area contributed by atoms with Gasteiger partial charge in [0.2, 0.25) is 5.91 Å². The van der Waals surface area contributed by atoms with E-state index in [0.29, 0.717) is 29.3 Å². The average molecular weight is 738 g/mol. The number of hydrogen-bond donors (Lipinski definition) is 4. The zero-order valence-electron chi connectivity index (χ0n) is 27.4. The summed E-state index contributed by atoms with van der Waals surface area (Å²) < 4.78 is 29.6. The Kier molecular flexibility index (Phi) is 13.8. The number of likely N-dealkylation sites (N-methyl/N-ethyl adjacent to an activating group) is 1. The predicted molar refractivity (Wildman–Crippen MR) is 184 cm³/mol. The SMILES string of the molecule is CN1CCc2nc(C(=O)NC3CC(C(=O)N(C)C)CCC3NC(=O)C(=O)Nc3ccc(Cl)cn3)sc2C1.Cc1ccc(S(=O)(=O)O)cc1.O. The Balaban J connectivity index is 0.000000462. The number of nitrogens with zero attached hydrogens (tertiary/aromatic N) is 4. The molecule has 3 heterocycles. The first kappa shape index (κ1) is 39.4. The molecule has 0 bridgehead atoms. The van der Waals surface area contributed by atoms with E-state index in [1.54, 1.807) is 32.3 Å². The molecule has 0 spiro atoms. The first-order chi connectivity index (χ1) is 22.6. The fourth-order valence-electron chi connectivity index (χ4n) is 5.31. The number of fused-ring (bicyclic) bond motifs is 1. The van der Waals surface area contributed by atoms with E-state index in [1.807, 2.05) is 14.0 Å². The van der Waals surface area contributed by atoms with Crippen LogP contribution in [0.4, 0.5) is 5.82 Å². The van der Waals surface area contributed by atoms with Crippen LogP contribution in [0.25, 0.3) is 0 Å². The predicted octanol–water partition coefficient (Wildman–Crippen LogP) is 1.71. The normalized spacial score (nSPS) is 18.8. The monoisotopic (exact) mass is 737 g/mol. The summed E-state index contributed by atoms with van der Waals surface area (Å²) in [7, 11) is 1.39. The van der Waals surface area contributed by atoms with E-state index in [9.17, 15) is 27.6 Å². The maximum absolute atomic E-state index is 13.2. The molecule has 1 saturated carbocycles. The number of rotatable bonds is 6. The lowest BCUT2D eigenvalue weighted by Gasteiger charge is -2.37. The third-order valence-corrected chi connectivity index (χ3v) is 10.1. The maximum atomic E-state index is 13.2. The first-order valence-electron chi connectivity index (χ1n) is 15.1. The molecule has 0 radical (unpaired) electrons. The molecule has 15 nitrogen and oxygen atoms in total. The van der Waals surface area contributed by atoms with Crippen LogP contribution in [0.3, 0.4) is 0 Å². The van der Waals surface area contributed by atoms with Crippen molar-refractivity contribution in [2.24, 2.45) is 5.92 Å². The average Bonchev–Trinajstić information content (AvgIpc) is 3.46. The van der Waals surface area contributed by atoms with Crippen molar-refractivity contribution in [3.05, 3.63) is 68.8 Å². The molecule has 3 aromatic rings. The quantitative estimate of drug-likeness (QED) is 0.212. The van der Waals surface area contributed by atoms with E-state index in [0.717, 1.165) is 35.6 Å². The van der Waals surface area contributed by atoms with Gasteiger partial charge in [-0.3, -0.25) is 23.7 Å². The van der Waals surface area contributed by atoms with E-state index in [1.165, 1.54) is 40.6 Å². The molecule has 2 aromatic heterocycles. The van der Waals surface area contributed by atoms with Gasteiger partial charge in [0.15, 0.2) is 5.01 Å². The van der Waals surface area contributed by atoms with E-state index in [4.69, 9.17) is 16.2 Å². The van der Waals surface area contributed by atoms with Crippen LogP contribution >= 0.6 is 22.9 Å². The van der Waals surface area contributed by atoms with Crippen LogP contribution in [0.15, 0.2) is 47.5 Å². The second-order valence-electron chi connectivity index (χ2n) is 11.9. The number of aryl methyl sites for hydroxylation is 1. The third kappa shape index (κ3) is 11.0. The number of halogens is 1. The molecule has 1 fully saturated rings. The second kappa shape index (κ2) is 17.1. The minimum atomic E-state index is -4.02. The van der Waals surface area contributed by atoms with Crippen LogP contribution in [0.1, 0.15) is 45.2 Å². The number of benzene rings is 1. The van der Waals surface area contributed by atoms with E-state index in [2.05, 4.69) is 30.8 Å². The minimum Gasteiger partial charge on any atom is -0.412 e. The van der Waals surface area contributed by atoms with Crippen molar-refractivity contribution in [2.45, 2.75) is 56.1 Å². The number of amides is 4. The summed E-state index contributed by atoms with van der Waals surface area (Å²) >= 11 is 7.17. The molecule has 3 atom stereocenters. The highest BCUT2D eigenvalue weighted by atomic mass is 35.5. The summed E-state index contributed by atoms with van der Waals surface area (Å²) in [5, 5.41) is 8.91. The van der Waals surface area contributed by atoms with Crippen LogP contribution in [0.5, 0.6) is 0 Å². The third-order valence-electron chi connectivity index (χ3n) is 7.88. The fourth-order valence-corrected chi connectivity index (χ4v) is 6.99. The number of aromatic nitrogens is 2. The van der Waals surface area contributed by atoms with Crippen LogP contribution < -0.4 is 16.0 Å². The number of carbonyl (C=O) groups is 4. The number of carbonyl (C=O) groups excluding carboxylic acids is 4. The van der Waals surface area contributed by atoms with Gasteiger partial charge in [-0.2, -0.15) is 8.42 Å². The Hall–Kier alpha value is -4.00. The number of nitrogens with one attached hydrogen (secondary N) is 3. The van der Waals surface area contributed by atoms with Gasteiger partial charge in [0, 0.05) is 56.6 Å². The highest BCUT2D eigenvalue weighted by Gasteiger charge is 2.37. The van der Waals surface area contributed by atoms with Gasteiger partial charge in [-0.05, 0) is 57.5 Å². The van der Waals surface area contributed by atoms with Crippen molar-refractivity contribution in [2.75, 3.05) is 33.0 Å². The molecule has 2 aliphatic rings. The Morgan fingerprint density at radius 2 is 1.71 bits per heavy atom. The van der Waals surface area contributed by atoms with Gasteiger partial charge in [0.1, 0.15) is 5.82 Å². The number of anilines is 1. The fraction of sp³-hybridized carbons (Fsp3) is 0.419. The molecule has 1 aliphatic heterocycles. The Morgan fingerprint density at radius 1 is 1.02 bits per heavy atom. The van der Waals surface area contributed by atoms with E-state index < -0.39 is 34.0 Å². The smallest absolute Gasteiger partial charge is 0.314 e. The highest BCUT2D eigenvalue weighted by molar-refractivity contribution is 7.85. The lowest BCUT2D eigenvalue weighted by atomic mass is 9.81. The van der Waals surface area contributed by atoms with Crippen molar-refractivity contribution < 1.29 is 37.6 Å².